The summed E-state index contributed by atoms with van der Waals surface area (Å²) in [5.41, 5.74) is 1.30. The van der Waals surface area contributed by atoms with E-state index in [2.05, 4.69) is 6.92 Å². The van der Waals surface area contributed by atoms with Crippen molar-refractivity contribution < 1.29 is 4.79 Å². The van der Waals surface area contributed by atoms with Gasteiger partial charge in [-0.1, -0.05) is 24.6 Å². The predicted molar refractivity (Wildman–Crippen MR) is 116 cm³/mol. The zero-order valence-electron chi connectivity index (χ0n) is 16.8. The minimum Gasteiger partial charge on any atom is -0.338 e. The second-order valence-electron chi connectivity index (χ2n) is 7.62. The maximum atomic E-state index is 13.3. The number of likely N-dealkylation sites (tertiary alicyclic amines) is 1. The molecule has 1 saturated heterocycles. The average Bonchev–Trinajstić information content (AvgIpc) is 3.22. The summed E-state index contributed by atoms with van der Waals surface area (Å²) >= 11 is 1.30. The molecule has 0 N–H and O–H groups in total. The van der Waals surface area contributed by atoms with E-state index >= 15 is 0 Å². The van der Waals surface area contributed by atoms with Crippen LogP contribution in [0.4, 0.5) is 0 Å². The maximum absolute atomic E-state index is 13.3. The van der Waals surface area contributed by atoms with Gasteiger partial charge in [0.05, 0.1) is 11.2 Å². The second kappa shape index (κ2) is 7.99. The average molecular weight is 412 g/mol. The van der Waals surface area contributed by atoms with Crippen LogP contribution in [0.1, 0.15) is 38.2 Å². The van der Waals surface area contributed by atoms with Gasteiger partial charge >= 0.3 is 5.69 Å². The third kappa shape index (κ3) is 3.55. The van der Waals surface area contributed by atoms with Gasteiger partial charge in [0.25, 0.3) is 5.56 Å². The minimum atomic E-state index is -0.469. The molecule has 0 bridgehead atoms. The van der Waals surface area contributed by atoms with Crippen LogP contribution in [0, 0.1) is 6.92 Å². The van der Waals surface area contributed by atoms with E-state index in [-0.39, 0.29) is 24.1 Å². The molecule has 3 aromatic rings. The van der Waals surface area contributed by atoms with Crippen molar-refractivity contribution in [2.24, 2.45) is 0 Å². The molecular formula is C22H25N3O3S. The van der Waals surface area contributed by atoms with E-state index in [0.717, 1.165) is 37.8 Å². The molecule has 4 rings (SSSR count). The highest BCUT2D eigenvalue weighted by Crippen LogP contribution is 2.21. The Morgan fingerprint density at radius 2 is 1.90 bits per heavy atom. The summed E-state index contributed by atoms with van der Waals surface area (Å²) in [6.45, 7) is 4.73. The van der Waals surface area contributed by atoms with Gasteiger partial charge in [0.1, 0.15) is 11.2 Å². The molecule has 0 radical (unpaired) electrons. The lowest BCUT2D eigenvalue weighted by Crippen LogP contribution is -2.47. The smallest absolute Gasteiger partial charge is 0.336 e. The van der Waals surface area contributed by atoms with Crippen LogP contribution in [0.2, 0.25) is 0 Å². The van der Waals surface area contributed by atoms with E-state index in [9.17, 15) is 14.4 Å². The Bertz CT molecular complexity index is 1160. The number of thiophene rings is 1. The summed E-state index contributed by atoms with van der Waals surface area (Å²) in [5.74, 6) is -0.0553. The van der Waals surface area contributed by atoms with Gasteiger partial charge in [0, 0.05) is 12.6 Å². The van der Waals surface area contributed by atoms with Crippen LogP contribution in [-0.4, -0.2) is 32.5 Å². The summed E-state index contributed by atoms with van der Waals surface area (Å²) in [7, 11) is 0. The van der Waals surface area contributed by atoms with Gasteiger partial charge in [-0.3, -0.25) is 14.2 Å². The predicted octanol–water partition coefficient (Wildman–Crippen LogP) is 3.31. The summed E-state index contributed by atoms with van der Waals surface area (Å²) in [4.78, 5) is 41.3. The molecule has 1 aromatic carbocycles. The van der Waals surface area contributed by atoms with Crippen LogP contribution in [0.25, 0.3) is 15.9 Å². The van der Waals surface area contributed by atoms with Crippen molar-refractivity contribution in [2.75, 3.05) is 6.54 Å². The standard InChI is InChI=1S/C22H25N3O3S/c1-3-16-6-4-5-12-23(16)19(26)14-24-18-11-13-29-20(18)21(27)25(22(24)28)17-9-7-15(2)8-10-17/h7-11,13,16H,3-6,12,14H2,1-2H3. The van der Waals surface area contributed by atoms with Gasteiger partial charge in [0.15, 0.2) is 0 Å². The Morgan fingerprint density at radius 1 is 1.14 bits per heavy atom. The largest absolute Gasteiger partial charge is 0.338 e. The third-order valence-electron chi connectivity index (χ3n) is 5.76. The van der Waals surface area contributed by atoms with Crippen LogP contribution < -0.4 is 11.2 Å². The van der Waals surface area contributed by atoms with Crippen LogP contribution >= 0.6 is 11.3 Å². The number of benzene rings is 1. The monoisotopic (exact) mass is 411 g/mol. The molecule has 3 heterocycles. The van der Waals surface area contributed by atoms with Crippen molar-refractivity contribution in [3.05, 3.63) is 62.1 Å². The van der Waals surface area contributed by atoms with Crippen molar-refractivity contribution >= 4 is 27.5 Å². The highest BCUT2D eigenvalue weighted by atomic mass is 32.1. The van der Waals surface area contributed by atoms with Gasteiger partial charge in [-0.25, -0.2) is 9.36 Å². The Labute approximate surface area is 173 Å². The SMILES string of the molecule is CCC1CCCCN1C(=O)Cn1c(=O)n(-c2ccc(C)cc2)c(=O)c2sccc21. The van der Waals surface area contributed by atoms with Crippen molar-refractivity contribution in [2.45, 2.75) is 52.1 Å². The van der Waals surface area contributed by atoms with Crippen molar-refractivity contribution in [1.29, 1.82) is 0 Å². The number of fused-ring (bicyclic) bond motifs is 1. The summed E-state index contributed by atoms with van der Waals surface area (Å²) < 4.78 is 3.12. The van der Waals surface area contributed by atoms with E-state index < -0.39 is 5.69 Å². The van der Waals surface area contributed by atoms with E-state index in [0.29, 0.717) is 15.9 Å². The molecule has 0 aliphatic carbocycles. The molecule has 1 amide bonds. The zero-order chi connectivity index (χ0) is 20.5. The first-order valence-corrected chi connectivity index (χ1v) is 11.0. The number of hydrogen-bond acceptors (Lipinski definition) is 4. The normalized spacial score (nSPS) is 17.0. The molecule has 2 aromatic heterocycles. The topological polar surface area (TPSA) is 64.3 Å². The molecule has 1 unspecified atom stereocenters. The molecule has 29 heavy (non-hydrogen) atoms. The fraction of sp³-hybridized carbons (Fsp3) is 0.409. The number of carbonyl (C=O) groups excluding carboxylic acids is 1. The summed E-state index contributed by atoms with van der Waals surface area (Å²) in [6, 6.07) is 9.25. The van der Waals surface area contributed by atoms with E-state index in [4.69, 9.17) is 0 Å². The number of rotatable bonds is 4. The van der Waals surface area contributed by atoms with Crippen LogP contribution in [0.5, 0.6) is 0 Å². The van der Waals surface area contributed by atoms with Gasteiger partial charge in [-0.05, 0) is 56.2 Å². The van der Waals surface area contributed by atoms with E-state index in [1.807, 2.05) is 24.0 Å². The number of nitrogens with zero attached hydrogens (tertiary/aromatic N) is 3. The number of amides is 1. The van der Waals surface area contributed by atoms with Crippen molar-refractivity contribution in [3.63, 3.8) is 0 Å². The number of aryl methyl sites for hydroxylation is 1. The minimum absolute atomic E-state index is 0.0469. The third-order valence-corrected chi connectivity index (χ3v) is 6.65. The molecule has 152 valence electrons. The molecular weight excluding hydrogens is 386 g/mol. The molecule has 6 nitrogen and oxygen atoms in total. The highest BCUT2D eigenvalue weighted by molar-refractivity contribution is 7.17. The fourth-order valence-electron chi connectivity index (χ4n) is 4.14. The Balaban J connectivity index is 1.81. The van der Waals surface area contributed by atoms with Gasteiger partial charge in [0.2, 0.25) is 5.91 Å². The number of piperidine rings is 1. The van der Waals surface area contributed by atoms with Gasteiger partial charge in [-0.15, -0.1) is 11.3 Å². The Morgan fingerprint density at radius 3 is 2.62 bits per heavy atom. The van der Waals surface area contributed by atoms with Crippen LogP contribution in [0.3, 0.4) is 0 Å². The lowest BCUT2D eigenvalue weighted by molar-refractivity contribution is -0.135. The Hall–Kier alpha value is -2.67. The number of hydrogen-bond donors (Lipinski definition) is 0. The first-order chi connectivity index (χ1) is 14.0. The molecule has 7 heteroatoms. The van der Waals surface area contributed by atoms with Gasteiger partial charge in [-0.2, -0.15) is 0 Å². The molecule has 1 aliphatic rings. The van der Waals surface area contributed by atoms with Crippen LogP contribution in [0.15, 0.2) is 45.3 Å². The van der Waals surface area contributed by atoms with E-state index in [1.54, 1.807) is 23.6 Å². The lowest BCUT2D eigenvalue weighted by atomic mass is 10.00. The second-order valence-corrected chi connectivity index (χ2v) is 8.54. The molecule has 0 spiro atoms. The van der Waals surface area contributed by atoms with Crippen molar-refractivity contribution in [1.82, 2.24) is 14.0 Å². The first-order valence-electron chi connectivity index (χ1n) is 10.1. The highest BCUT2D eigenvalue weighted by Gasteiger charge is 2.26. The first kappa shape index (κ1) is 19.6. The molecule has 0 saturated carbocycles. The maximum Gasteiger partial charge on any atom is 0.336 e. The molecule has 1 fully saturated rings. The quantitative estimate of drug-likeness (QED) is 0.662. The van der Waals surface area contributed by atoms with Gasteiger partial charge < -0.3 is 4.90 Å². The number of carbonyl (C=O) groups is 1. The summed E-state index contributed by atoms with van der Waals surface area (Å²) in [6.07, 6.45) is 4.05. The lowest BCUT2D eigenvalue weighted by Gasteiger charge is -2.35. The van der Waals surface area contributed by atoms with Crippen molar-refractivity contribution in [3.8, 4) is 5.69 Å². The van der Waals surface area contributed by atoms with Crippen LogP contribution in [-0.2, 0) is 11.3 Å². The summed E-state index contributed by atoms with van der Waals surface area (Å²) in [5, 5.41) is 1.79. The van der Waals surface area contributed by atoms with E-state index in [1.165, 1.54) is 20.5 Å². The number of aromatic nitrogens is 2. The molecule has 1 aliphatic heterocycles. The Kier molecular flexibility index (Phi) is 5.41. The molecule has 1 atom stereocenters. The fourth-order valence-corrected chi connectivity index (χ4v) is 4.97. The zero-order valence-corrected chi connectivity index (χ0v) is 17.6.